The van der Waals surface area contributed by atoms with E-state index in [1.165, 1.54) is 11.8 Å². The minimum atomic E-state index is 0.701. The molecule has 6 nitrogen and oxygen atoms in total. The first-order chi connectivity index (χ1) is 15.5. The van der Waals surface area contributed by atoms with E-state index in [1.807, 2.05) is 52.2 Å². The zero-order valence-corrected chi connectivity index (χ0v) is 19.8. The Hall–Kier alpha value is -3.67. The summed E-state index contributed by atoms with van der Waals surface area (Å²) in [5.41, 5.74) is 12.1. The summed E-state index contributed by atoms with van der Waals surface area (Å²) in [7, 11) is 0. The lowest BCUT2D eigenvalue weighted by Gasteiger charge is -2.07. The van der Waals surface area contributed by atoms with E-state index in [9.17, 15) is 0 Å². The molecule has 3 rings (SSSR count). The van der Waals surface area contributed by atoms with Crippen molar-refractivity contribution in [2.75, 3.05) is 0 Å². The Balaban J connectivity index is 0.000000944. The van der Waals surface area contributed by atoms with E-state index in [2.05, 4.69) is 62.6 Å². The third kappa shape index (κ3) is 9.00. The summed E-state index contributed by atoms with van der Waals surface area (Å²) in [5, 5.41) is 8.23. The number of hydrogen-bond donors (Lipinski definition) is 1. The van der Waals surface area contributed by atoms with Crippen LogP contribution in [0.1, 0.15) is 41.9 Å². The van der Waals surface area contributed by atoms with Crippen molar-refractivity contribution in [2.45, 2.75) is 47.5 Å². The zero-order valence-electron chi connectivity index (χ0n) is 19.8. The molecule has 3 heterocycles. The van der Waals surface area contributed by atoms with Gasteiger partial charge in [-0.3, -0.25) is 15.0 Å². The van der Waals surface area contributed by atoms with Crippen LogP contribution in [0.5, 0.6) is 0 Å². The van der Waals surface area contributed by atoms with Gasteiger partial charge >= 0.3 is 0 Å². The van der Waals surface area contributed by atoms with Gasteiger partial charge in [0.2, 0.25) is 0 Å². The first-order valence-corrected chi connectivity index (χ1v) is 10.7. The fourth-order valence-electron chi connectivity index (χ4n) is 2.85. The molecule has 168 valence electrons. The minimum absolute atomic E-state index is 0.701. The molecule has 0 amide bonds. The Morgan fingerprint density at radius 1 is 0.938 bits per heavy atom. The molecule has 0 fully saturated rings. The second-order valence-corrected chi connectivity index (χ2v) is 6.68. The summed E-state index contributed by atoms with van der Waals surface area (Å²) in [4.78, 5) is 13.1. The van der Waals surface area contributed by atoms with Gasteiger partial charge in [0.05, 0.1) is 5.69 Å². The number of aryl methyl sites for hydroxylation is 3. The highest BCUT2D eigenvalue weighted by Crippen LogP contribution is 2.21. The predicted molar refractivity (Wildman–Crippen MR) is 136 cm³/mol. The van der Waals surface area contributed by atoms with Gasteiger partial charge in [-0.05, 0) is 61.9 Å². The standard InChI is InChI=1S/C22H23N5.C2H5N.C2H6/c1-16-13-19(15-25-22(16)21-7-10-23-17(2)14-21)6-11-26-27-12-8-20-5-4-9-24-18(20)3;1-2-3;1-2/h4-5,7,9-15H,6,8H2,1-3H3;2H,1,3H2;1-2H3/b26-11+,27-12-;;. The number of pyridine rings is 3. The van der Waals surface area contributed by atoms with Crippen molar-refractivity contribution >= 4 is 12.4 Å². The molecular weight excluding hydrogens is 396 g/mol. The van der Waals surface area contributed by atoms with Gasteiger partial charge in [-0.1, -0.05) is 32.6 Å². The Morgan fingerprint density at radius 3 is 2.25 bits per heavy atom. The van der Waals surface area contributed by atoms with Gasteiger partial charge in [-0.25, -0.2) is 0 Å². The van der Waals surface area contributed by atoms with Crippen molar-refractivity contribution < 1.29 is 0 Å². The average Bonchev–Trinajstić information content (AvgIpc) is 2.79. The van der Waals surface area contributed by atoms with Crippen molar-refractivity contribution in [1.29, 1.82) is 0 Å². The Bertz CT molecular complexity index is 1020. The van der Waals surface area contributed by atoms with Gasteiger partial charge < -0.3 is 5.73 Å². The molecule has 0 unspecified atom stereocenters. The number of hydrogen-bond acceptors (Lipinski definition) is 6. The molecule has 0 radical (unpaired) electrons. The lowest BCUT2D eigenvalue weighted by Crippen LogP contribution is -1.95. The Kier molecular flexibility index (Phi) is 12.5. The molecule has 0 saturated carbocycles. The van der Waals surface area contributed by atoms with Crippen LogP contribution < -0.4 is 5.73 Å². The van der Waals surface area contributed by atoms with E-state index in [0.29, 0.717) is 6.42 Å². The van der Waals surface area contributed by atoms with Crippen molar-refractivity contribution in [3.8, 4) is 11.3 Å². The van der Waals surface area contributed by atoms with Gasteiger partial charge in [0.1, 0.15) is 0 Å². The summed E-state index contributed by atoms with van der Waals surface area (Å²) >= 11 is 0. The molecule has 0 saturated heterocycles. The van der Waals surface area contributed by atoms with Crippen LogP contribution in [0.3, 0.4) is 0 Å². The summed E-state index contributed by atoms with van der Waals surface area (Å²) in [6, 6.07) is 10.2. The second kappa shape index (κ2) is 15.2. The van der Waals surface area contributed by atoms with Crippen LogP contribution in [0.25, 0.3) is 11.3 Å². The summed E-state index contributed by atoms with van der Waals surface area (Å²) < 4.78 is 0. The Morgan fingerprint density at radius 2 is 1.62 bits per heavy atom. The third-order valence-electron chi connectivity index (χ3n) is 4.29. The van der Waals surface area contributed by atoms with E-state index < -0.39 is 0 Å². The van der Waals surface area contributed by atoms with Gasteiger partial charge in [-0.15, -0.1) is 0 Å². The largest absolute Gasteiger partial charge is 0.405 e. The minimum Gasteiger partial charge on any atom is -0.405 e. The molecule has 32 heavy (non-hydrogen) atoms. The van der Waals surface area contributed by atoms with Crippen molar-refractivity contribution in [3.05, 3.63) is 89.8 Å². The van der Waals surface area contributed by atoms with Gasteiger partial charge in [-0.2, -0.15) is 10.2 Å². The quantitative estimate of drug-likeness (QED) is 0.418. The van der Waals surface area contributed by atoms with E-state index in [1.54, 1.807) is 18.6 Å². The van der Waals surface area contributed by atoms with E-state index in [0.717, 1.165) is 40.2 Å². The first-order valence-electron chi connectivity index (χ1n) is 10.7. The number of nitrogens with zero attached hydrogens (tertiary/aromatic N) is 5. The molecule has 0 aliphatic rings. The highest BCUT2D eigenvalue weighted by atomic mass is 15.2. The van der Waals surface area contributed by atoms with Gasteiger partial charge in [0.25, 0.3) is 0 Å². The van der Waals surface area contributed by atoms with Crippen LogP contribution in [0.4, 0.5) is 0 Å². The molecular formula is C26H34N6. The molecule has 0 aliphatic carbocycles. The molecule has 0 spiro atoms. The van der Waals surface area contributed by atoms with Crippen LogP contribution in [0.2, 0.25) is 0 Å². The summed E-state index contributed by atoms with van der Waals surface area (Å²) in [6.45, 7) is 13.2. The maximum absolute atomic E-state index is 4.62. The maximum Gasteiger partial charge on any atom is 0.0732 e. The van der Waals surface area contributed by atoms with Crippen LogP contribution in [0, 0.1) is 20.8 Å². The fourth-order valence-corrected chi connectivity index (χ4v) is 2.85. The fraction of sp³-hybridized carbons (Fsp3) is 0.269. The highest BCUT2D eigenvalue weighted by molar-refractivity contribution is 5.67. The average molecular weight is 431 g/mol. The summed E-state index contributed by atoms with van der Waals surface area (Å²) in [5.74, 6) is 0. The van der Waals surface area contributed by atoms with Gasteiger partial charge in [0.15, 0.2) is 0 Å². The lowest BCUT2D eigenvalue weighted by molar-refractivity contribution is 1.12. The van der Waals surface area contributed by atoms with Gasteiger partial charge in [0, 0.05) is 60.8 Å². The smallest absolute Gasteiger partial charge is 0.0732 e. The normalized spacial score (nSPS) is 10.3. The molecule has 2 N–H and O–H groups in total. The summed E-state index contributed by atoms with van der Waals surface area (Å²) in [6.07, 6.45) is 11.8. The van der Waals surface area contributed by atoms with Crippen LogP contribution >= 0.6 is 0 Å². The van der Waals surface area contributed by atoms with Crippen molar-refractivity contribution in [3.63, 3.8) is 0 Å². The third-order valence-corrected chi connectivity index (χ3v) is 4.29. The molecule has 3 aromatic rings. The van der Waals surface area contributed by atoms with Crippen molar-refractivity contribution in [2.24, 2.45) is 15.9 Å². The molecule has 0 atom stereocenters. The number of rotatable bonds is 6. The zero-order chi connectivity index (χ0) is 23.8. The maximum atomic E-state index is 4.62. The molecule has 0 bridgehead atoms. The van der Waals surface area contributed by atoms with Crippen molar-refractivity contribution in [1.82, 2.24) is 15.0 Å². The van der Waals surface area contributed by atoms with E-state index >= 15 is 0 Å². The Labute approximate surface area is 192 Å². The number of nitrogens with two attached hydrogens (primary N) is 1. The monoisotopic (exact) mass is 430 g/mol. The van der Waals surface area contributed by atoms with E-state index in [4.69, 9.17) is 0 Å². The van der Waals surface area contributed by atoms with Crippen LogP contribution in [-0.4, -0.2) is 27.4 Å². The van der Waals surface area contributed by atoms with Crippen LogP contribution in [-0.2, 0) is 12.8 Å². The molecule has 0 aromatic carbocycles. The van der Waals surface area contributed by atoms with E-state index in [-0.39, 0.29) is 0 Å². The highest BCUT2D eigenvalue weighted by Gasteiger charge is 2.05. The lowest BCUT2D eigenvalue weighted by atomic mass is 10.0. The first kappa shape index (κ1) is 26.4. The van der Waals surface area contributed by atoms with Crippen LogP contribution in [0.15, 0.2) is 71.9 Å². The molecule has 6 heteroatoms. The SMILES string of the molecule is C=CN.CC.Cc1cc(-c2ncc(C/C=N/N=C\Cc3cccnc3C)cc2C)ccn1. The topological polar surface area (TPSA) is 89.4 Å². The second-order valence-electron chi connectivity index (χ2n) is 6.68. The number of aromatic nitrogens is 3. The molecule has 0 aliphatic heterocycles. The molecule has 3 aromatic heterocycles. The predicted octanol–water partition coefficient (Wildman–Crippen LogP) is 5.42.